The van der Waals surface area contributed by atoms with Crippen LogP contribution in [0.2, 0.25) is 0 Å². The van der Waals surface area contributed by atoms with Crippen LogP contribution in [0.15, 0.2) is 42.6 Å². The molecule has 3 aliphatic carbocycles. The van der Waals surface area contributed by atoms with Crippen molar-refractivity contribution in [3.8, 4) is 11.5 Å². The predicted octanol–water partition coefficient (Wildman–Crippen LogP) is 2.80. The van der Waals surface area contributed by atoms with Gasteiger partial charge in [0.2, 0.25) is 0 Å². The molecule has 2 heterocycles. The summed E-state index contributed by atoms with van der Waals surface area (Å²) in [4.78, 5) is 24.7. The molecule has 1 spiro atoms. The summed E-state index contributed by atoms with van der Waals surface area (Å²) < 4.78 is 13.6. The summed E-state index contributed by atoms with van der Waals surface area (Å²) in [6.45, 7) is 0.179. The molecular weight excluding hydrogens is 460 g/mol. The second-order valence-corrected chi connectivity index (χ2v) is 10.4. The number of nitrogens with two attached hydrogens (primary N) is 1. The van der Waals surface area contributed by atoms with E-state index in [1.165, 1.54) is 0 Å². The maximum Gasteiger partial charge on any atom is 0.255 e. The van der Waals surface area contributed by atoms with Crippen molar-refractivity contribution in [3.05, 3.63) is 59.4 Å². The first-order valence-electron chi connectivity index (χ1n) is 12.6. The van der Waals surface area contributed by atoms with Crippen LogP contribution in [0.3, 0.4) is 0 Å². The fourth-order valence-corrected chi connectivity index (χ4v) is 5.86. The molecule has 36 heavy (non-hydrogen) atoms. The molecule has 0 saturated heterocycles. The molecule has 2 amide bonds. The van der Waals surface area contributed by atoms with Gasteiger partial charge in [0, 0.05) is 12.0 Å². The van der Waals surface area contributed by atoms with Crippen molar-refractivity contribution in [2.24, 2.45) is 11.1 Å². The van der Waals surface area contributed by atoms with E-state index in [-0.39, 0.29) is 36.7 Å². The number of rotatable bonds is 9. The maximum atomic E-state index is 13.1. The Morgan fingerprint density at radius 1 is 1.08 bits per heavy atom. The highest BCUT2D eigenvalue weighted by Gasteiger charge is 2.54. The van der Waals surface area contributed by atoms with Crippen molar-refractivity contribution < 1.29 is 24.2 Å². The van der Waals surface area contributed by atoms with Gasteiger partial charge < -0.3 is 25.6 Å². The summed E-state index contributed by atoms with van der Waals surface area (Å²) >= 11 is 0. The summed E-state index contributed by atoms with van der Waals surface area (Å²) in [7, 11) is 0. The number of fused-ring (bicyclic) bond motifs is 1. The van der Waals surface area contributed by atoms with Gasteiger partial charge in [0.1, 0.15) is 18.1 Å². The van der Waals surface area contributed by atoms with Gasteiger partial charge in [-0.3, -0.25) is 9.59 Å². The molecule has 9 nitrogen and oxygen atoms in total. The van der Waals surface area contributed by atoms with Crippen molar-refractivity contribution in [2.45, 2.75) is 56.6 Å². The lowest BCUT2D eigenvalue weighted by molar-refractivity contribution is -0.0834. The van der Waals surface area contributed by atoms with Crippen molar-refractivity contribution in [1.82, 2.24) is 14.9 Å². The number of benzene rings is 1. The van der Waals surface area contributed by atoms with Gasteiger partial charge in [-0.15, -0.1) is 0 Å². The van der Waals surface area contributed by atoms with Crippen LogP contribution >= 0.6 is 0 Å². The van der Waals surface area contributed by atoms with E-state index in [4.69, 9.17) is 20.3 Å². The second-order valence-electron chi connectivity index (χ2n) is 10.4. The van der Waals surface area contributed by atoms with Crippen molar-refractivity contribution in [2.75, 3.05) is 13.2 Å². The van der Waals surface area contributed by atoms with Gasteiger partial charge in [-0.1, -0.05) is 12.1 Å². The predicted molar refractivity (Wildman–Crippen MR) is 131 cm³/mol. The molecule has 3 aromatic rings. The number of aliphatic hydroxyl groups is 1. The quantitative estimate of drug-likeness (QED) is 0.423. The van der Waals surface area contributed by atoms with E-state index in [0.717, 1.165) is 55.5 Å². The number of carbonyl (C=O) groups excluding carboxylic acids is 2. The molecule has 0 atom stereocenters. The van der Waals surface area contributed by atoms with E-state index < -0.39 is 5.91 Å². The number of aliphatic hydroxyl groups excluding tert-OH is 1. The van der Waals surface area contributed by atoms with Crippen LogP contribution in [0.5, 0.6) is 11.5 Å². The summed E-state index contributed by atoms with van der Waals surface area (Å²) in [5.74, 6) is 1.02. The van der Waals surface area contributed by atoms with Gasteiger partial charge in [-0.25, -0.2) is 4.52 Å². The molecule has 0 aliphatic heterocycles. The summed E-state index contributed by atoms with van der Waals surface area (Å²) in [6.07, 6.45) is 7.48. The SMILES string of the molecule is NC(=O)c1ccccc1OC1CC2(CC(NC(=O)c3cnn4c(C5CC5)c(OCCO)ccc34)C2)C1. The number of para-hydroxylation sites is 1. The third-order valence-electron chi connectivity index (χ3n) is 7.70. The zero-order valence-corrected chi connectivity index (χ0v) is 20.0. The highest BCUT2D eigenvalue weighted by atomic mass is 16.5. The van der Waals surface area contributed by atoms with Gasteiger partial charge in [0.25, 0.3) is 11.8 Å². The summed E-state index contributed by atoms with van der Waals surface area (Å²) in [5, 5.41) is 16.8. The summed E-state index contributed by atoms with van der Waals surface area (Å²) in [6, 6.07) is 10.9. The Morgan fingerprint density at radius 2 is 1.86 bits per heavy atom. The molecule has 3 fully saturated rings. The Kier molecular flexibility index (Phi) is 5.59. The van der Waals surface area contributed by atoms with Crippen LogP contribution in [0.25, 0.3) is 5.52 Å². The maximum absolute atomic E-state index is 13.1. The van der Waals surface area contributed by atoms with Crippen LogP contribution < -0.4 is 20.5 Å². The molecule has 0 radical (unpaired) electrons. The number of primary amides is 1. The number of pyridine rings is 1. The van der Waals surface area contributed by atoms with E-state index in [1.807, 2.05) is 22.7 Å². The first kappa shape index (κ1) is 22.8. The van der Waals surface area contributed by atoms with E-state index in [1.54, 1.807) is 24.4 Å². The second kappa shape index (κ2) is 8.81. The minimum Gasteiger partial charge on any atom is -0.490 e. The fourth-order valence-electron chi connectivity index (χ4n) is 5.86. The molecule has 0 unspecified atom stereocenters. The monoisotopic (exact) mass is 490 g/mol. The van der Waals surface area contributed by atoms with Crippen LogP contribution in [-0.4, -0.2) is 51.9 Å². The molecule has 6 rings (SSSR count). The Labute approximate surface area is 208 Å². The smallest absolute Gasteiger partial charge is 0.255 e. The zero-order chi connectivity index (χ0) is 24.9. The normalized spacial score (nSPS) is 24.7. The standard InChI is InChI=1S/C27H30N4O5/c28-25(33)19-3-1-2-4-22(19)36-18-13-27(14-18)11-17(12-27)30-26(34)20-15-29-31-21(20)7-8-23(35-10-9-32)24(31)16-5-6-16/h1-4,7-8,15-18,32H,5-6,9-14H2,(H2,28,33)(H,30,34). The number of nitrogens with one attached hydrogen (secondary N) is 1. The Balaban J connectivity index is 1.07. The highest BCUT2D eigenvalue weighted by Crippen LogP contribution is 2.57. The van der Waals surface area contributed by atoms with Crippen LogP contribution in [0.4, 0.5) is 0 Å². The van der Waals surface area contributed by atoms with Gasteiger partial charge >= 0.3 is 0 Å². The minimum absolute atomic E-state index is 0.0503. The van der Waals surface area contributed by atoms with E-state index in [2.05, 4.69) is 10.4 Å². The molecule has 0 bridgehead atoms. The van der Waals surface area contributed by atoms with Gasteiger partial charge in [-0.2, -0.15) is 5.10 Å². The van der Waals surface area contributed by atoms with E-state index >= 15 is 0 Å². The fraction of sp³-hybridized carbons (Fsp3) is 0.444. The van der Waals surface area contributed by atoms with E-state index in [0.29, 0.717) is 22.8 Å². The van der Waals surface area contributed by atoms with Crippen LogP contribution in [0.1, 0.15) is 70.9 Å². The van der Waals surface area contributed by atoms with Crippen molar-refractivity contribution >= 4 is 17.3 Å². The number of carbonyl (C=O) groups is 2. The van der Waals surface area contributed by atoms with Crippen LogP contribution in [-0.2, 0) is 0 Å². The number of aromatic nitrogens is 2. The first-order valence-corrected chi connectivity index (χ1v) is 12.6. The number of ether oxygens (including phenoxy) is 2. The molecular formula is C27H30N4O5. The Morgan fingerprint density at radius 3 is 2.58 bits per heavy atom. The van der Waals surface area contributed by atoms with Gasteiger partial charge in [0.15, 0.2) is 0 Å². The molecule has 4 N–H and O–H groups in total. The average Bonchev–Trinajstić information content (AvgIpc) is 3.57. The number of amides is 2. The topological polar surface area (TPSA) is 128 Å². The largest absolute Gasteiger partial charge is 0.490 e. The lowest BCUT2D eigenvalue weighted by Gasteiger charge is -2.57. The molecule has 1 aromatic carbocycles. The number of hydrogen-bond acceptors (Lipinski definition) is 6. The first-order chi connectivity index (χ1) is 17.5. The number of nitrogens with zero attached hydrogens (tertiary/aromatic N) is 2. The van der Waals surface area contributed by atoms with E-state index in [9.17, 15) is 9.59 Å². The van der Waals surface area contributed by atoms with Crippen molar-refractivity contribution in [1.29, 1.82) is 0 Å². The lowest BCUT2D eigenvalue weighted by Crippen LogP contribution is -2.58. The molecule has 3 saturated carbocycles. The van der Waals surface area contributed by atoms with Crippen LogP contribution in [0, 0.1) is 5.41 Å². The average molecular weight is 491 g/mol. The lowest BCUT2D eigenvalue weighted by atomic mass is 9.53. The number of hydrogen-bond donors (Lipinski definition) is 3. The minimum atomic E-state index is -0.489. The Hall–Kier alpha value is -3.59. The highest BCUT2D eigenvalue weighted by molar-refractivity contribution is 6.01. The third kappa shape index (κ3) is 4.07. The molecule has 9 heteroatoms. The third-order valence-corrected chi connectivity index (χ3v) is 7.70. The summed E-state index contributed by atoms with van der Waals surface area (Å²) in [5.41, 5.74) is 8.36. The molecule has 2 aromatic heterocycles. The Bertz CT molecular complexity index is 1320. The molecule has 3 aliphatic rings. The van der Waals surface area contributed by atoms with Crippen molar-refractivity contribution in [3.63, 3.8) is 0 Å². The molecule has 188 valence electrons. The van der Waals surface area contributed by atoms with Gasteiger partial charge in [-0.05, 0) is 68.2 Å². The zero-order valence-electron chi connectivity index (χ0n) is 20.0. The van der Waals surface area contributed by atoms with Gasteiger partial charge in [0.05, 0.1) is 41.2 Å².